The predicted molar refractivity (Wildman–Crippen MR) is 139 cm³/mol. The Morgan fingerprint density at radius 3 is 2.40 bits per heavy atom. The van der Waals surface area contributed by atoms with E-state index in [1.165, 1.54) is 42.4 Å². The number of anilines is 1. The van der Waals surface area contributed by atoms with Crippen LogP contribution in [0, 0.1) is 0 Å². The molecule has 0 radical (unpaired) electrons. The Balaban J connectivity index is 1.75. The maximum Gasteiger partial charge on any atom is 0.335 e. The van der Waals surface area contributed by atoms with Gasteiger partial charge in [0, 0.05) is 18.7 Å². The average molecular weight is 498 g/mol. The summed E-state index contributed by atoms with van der Waals surface area (Å²) in [6, 6.07) is 13.1. The first-order valence-electron chi connectivity index (χ1n) is 11.7. The van der Waals surface area contributed by atoms with Crippen LogP contribution in [-0.4, -0.2) is 51.9 Å². The molecule has 1 fully saturated rings. The van der Waals surface area contributed by atoms with Crippen LogP contribution in [-0.2, 0) is 9.59 Å². The molecule has 1 saturated heterocycles. The minimum absolute atomic E-state index is 0.0697. The van der Waals surface area contributed by atoms with E-state index in [2.05, 4.69) is 12.2 Å². The number of amidine groups is 1. The Morgan fingerprint density at radius 1 is 1.09 bits per heavy atom. The van der Waals surface area contributed by atoms with E-state index in [9.17, 15) is 14.4 Å². The smallest absolute Gasteiger partial charge is 0.335 e. The molecule has 35 heavy (non-hydrogen) atoms. The zero-order valence-electron chi connectivity index (χ0n) is 20.0. The fourth-order valence-electron chi connectivity index (χ4n) is 3.62. The number of hydrogen-bond acceptors (Lipinski definition) is 6. The molecule has 2 N–H and O–H groups in total. The van der Waals surface area contributed by atoms with Crippen LogP contribution in [0.25, 0.3) is 0 Å². The zero-order valence-corrected chi connectivity index (χ0v) is 20.8. The summed E-state index contributed by atoms with van der Waals surface area (Å²) in [6.07, 6.45) is 5.43. The number of nitrogens with one attached hydrogen (secondary N) is 1. The molecule has 8 nitrogen and oxygen atoms in total. The minimum atomic E-state index is -1.04. The average Bonchev–Trinajstić information content (AvgIpc) is 2.85. The van der Waals surface area contributed by atoms with Crippen molar-refractivity contribution in [2.24, 2.45) is 4.99 Å². The van der Waals surface area contributed by atoms with Crippen LogP contribution in [0.4, 0.5) is 11.4 Å². The molecule has 0 bridgehead atoms. The Bertz CT molecular complexity index is 1050. The third kappa shape index (κ3) is 7.58. The molecule has 1 heterocycles. The van der Waals surface area contributed by atoms with Crippen molar-refractivity contribution in [1.82, 2.24) is 4.90 Å². The second-order valence-corrected chi connectivity index (χ2v) is 9.40. The third-order valence-corrected chi connectivity index (χ3v) is 6.80. The molecule has 9 heteroatoms. The molecule has 3 rings (SSSR count). The lowest BCUT2D eigenvalue weighted by atomic mass is 10.1. The molecule has 1 atom stereocenters. The highest BCUT2D eigenvalue weighted by Crippen LogP contribution is 2.31. The van der Waals surface area contributed by atoms with Crippen molar-refractivity contribution in [3.63, 3.8) is 0 Å². The second kappa shape index (κ2) is 12.9. The number of thioether (sulfide) groups is 1. The van der Waals surface area contributed by atoms with Crippen LogP contribution in [0.3, 0.4) is 0 Å². The number of carbonyl (C=O) groups excluding carboxylic acids is 2. The first kappa shape index (κ1) is 26.3. The monoisotopic (exact) mass is 497 g/mol. The van der Waals surface area contributed by atoms with E-state index < -0.39 is 11.2 Å². The van der Waals surface area contributed by atoms with E-state index in [4.69, 9.17) is 14.8 Å². The van der Waals surface area contributed by atoms with Gasteiger partial charge in [-0.25, -0.2) is 9.79 Å². The number of carboxylic acid groups (broad SMARTS) is 1. The summed E-state index contributed by atoms with van der Waals surface area (Å²) >= 11 is 1.27. The number of amides is 2. The Morgan fingerprint density at radius 2 is 1.77 bits per heavy atom. The number of unbranched alkanes of at least 4 members (excludes halogenated alkanes) is 4. The summed E-state index contributed by atoms with van der Waals surface area (Å²) in [6.45, 7) is 2.73. The maximum atomic E-state index is 13.1. The van der Waals surface area contributed by atoms with E-state index in [1.54, 1.807) is 24.1 Å². The lowest BCUT2D eigenvalue weighted by Crippen LogP contribution is -2.45. The van der Waals surface area contributed by atoms with Crippen molar-refractivity contribution < 1.29 is 24.2 Å². The molecule has 186 valence electrons. The number of aliphatic imine (C=N–C) groups is 1. The predicted octanol–water partition coefficient (Wildman–Crippen LogP) is 5.32. The number of hydrogen-bond donors (Lipinski definition) is 2. The molecule has 0 saturated carbocycles. The van der Waals surface area contributed by atoms with E-state index in [0.29, 0.717) is 28.8 Å². The summed E-state index contributed by atoms with van der Waals surface area (Å²) in [4.78, 5) is 43.5. The van der Waals surface area contributed by atoms with E-state index >= 15 is 0 Å². The lowest BCUT2D eigenvalue weighted by molar-refractivity contribution is -0.129. The quantitative estimate of drug-likeness (QED) is 0.407. The zero-order chi connectivity index (χ0) is 25.2. The van der Waals surface area contributed by atoms with E-state index in [-0.39, 0.29) is 23.8 Å². The molecule has 0 aromatic heterocycles. The number of carboxylic acids is 1. The number of aromatic carboxylic acids is 1. The van der Waals surface area contributed by atoms with Gasteiger partial charge in [0.25, 0.3) is 0 Å². The highest BCUT2D eigenvalue weighted by Gasteiger charge is 2.35. The van der Waals surface area contributed by atoms with E-state index in [0.717, 1.165) is 25.7 Å². The van der Waals surface area contributed by atoms with Crippen molar-refractivity contribution in [2.45, 2.75) is 50.7 Å². The van der Waals surface area contributed by atoms with Gasteiger partial charge in [0.15, 0.2) is 5.17 Å². The Kier molecular flexibility index (Phi) is 9.72. The van der Waals surface area contributed by atoms with Crippen LogP contribution < -0.4 is 10.1 Å². The summed E-state index contributed by atoms with van der Waals surface area (Å²) in [5.41, 5.74) is 1.27. The number of ether oxygens (including phenoxy) is 1. The van der Waals surface area contributed by atoms with Gasteiger partial charge in [0.1, 0.15) is 11.0 Å². The third-order valence-electron chi connectivity index (χ3n) is 5.61. The maximum absolute atomic E-state index is 13.1. The Labute approximate surface area is 209 Å². The van der Waals surface area contributed by atoms with Crippen molar-refractivity contribution in [1.29, 1.82) is 0 Å². The SMILES string of the molecule is CCCCCCCN1C(=O)CC(C(=O)Nc2ccc(C(=O)O)cc2)SC1=Nc1ccc(OC)cc1. The van der Waals surface area contributed by atoms with Crippen LogP contribution >= 0.6 is 11.8 Å². The normalized spacial score (nSPS) is 16.9. The summed E-state index contributed by atoms with van der Waals surface area (Å²) in [5, 5.41) is 11.7. The molecular formula is C26H31N3O5S. The molecular weight excluding hydrogens is 466 g/mol. The Hall–Kier alpha value is -3.33. The first-order valence-corrected chi connectivity index (χ1v) is 12.6. The minimum Gasteiger partial charge on any atom is -0.497 e. The second-order valence-electron chi connectivity index (χ2n) is 8.23. The highest BCUT2D eigenvalue weighted by molar-refractivity contribution is 8.15. The number of carbonyl (C=O) groups is 3. The number of benzene rings is 2. The molecule has 1 aliphatic rings. The van der Waals surface area contributed by atoms with Crippen molar-refractivity contribution in [3.05, 3.63) is 54.1 Å². The van der Waals surface area contributed by atoms with Gasteiger partial charge >= 0.3 is 5.97 Å². The standard InChI is InChI=1S/C26H31N3O5S/c1-3-4-5-6-7-16-29-23(30)17-22(24(31)27-19-10-8-18(9-11-19)25(32)33)35-26(29)28-20-12-14-21(34-2)15-13-20/h8-15,22H,3-7,16-17H2,1-2H3,(H,27,31)(H,32,33). The first-order chi connectivity index (χ1) is 16.9. The molecule has 2 amide bonds. The fraction of sp³-hybridized carbons (Fsp3) is 0.385. The number of rotatable bonds is 11. The van der Waals surface area contributed by atoms with Gasteiger partial charge in [-0.2, -0.15) is 0 Å². The molecule has 1 aliphatic heterocycles. The molecule has 0 aliphatic carbocycles. The van der Waals surface area contributed by atoms with Gasteiger partial charge in [0.2, 0.25) is 11.8 Å². The van der Waals surface area contributed by atoms with Crippen LogP contribution in [0.5, 0.6) is 5.75 Å². The van der Waals surface area contributed by atoms with Gasteiger partial charge in [0.05, 0.1) is 18.4 Å². The van der Waals surface area contributed by atoms with E-state index in [1.807, 2.05) is 12.1 Å². The summed E-state index contributed by atoms with van der Waals surface area (Å²) in [5.74, 6) is -0.782. The molecule has 2 aromatic rings. The molecule has 2 aromatic carbocycles. The number of methoxy groups -OCH3 is 1. The number of nitrogens with zero attached hydrogens (tertiary/aromatic N) is 2. The molecule has 0 spiro atoms. The van der Waals surface area contributed by atoms with Crippen LogP contribution in [0.15, 0.2) is 53.5 Å². The topological polar surface area (TPSA) is 108 Å². The van der Waals surface area contributed by atoms with Gasteiger partial charge < -0.3 is 15.2 Å². The summed E-state index contributed by atoms with van der Waals surface area (Å²) < 4.78 is 5.20. The van der Waals surface area contributed by atoms with Gasteiger partial charge in [-0.1, -0.05) is 44.4 Å². The lowest BCUT2D eigenvalue weighted by Gasteiger charge is -2.32. The van der Waals surface area contributed by atoms with Crippen molar-refractivity contribution in [2.75, 3.05) is 19.0 Å². The fourth-order valence-corrected chi connectivity index (χ4v) is 4.75. The highest BCUT2D eigenvalue weighted by atomic mass is 32.2. The summed E-state index contributed by atoms with van der Waals surface area (Å²) in [7, 11) is 1.59. The van der Waals surface area contributed by atoms with Gasteiger partial charge in [-0.15, -0.1) is 0 Å². The van der Waals surface area contributed by atoms with Crippen molar-refractivity contribution >= 4 is 46.1 Å². The van der Waals surface area contributed by atoms with Crippen LogP contribution in [0.2, 0.25) is 0 Å². The largest absolute Gasteiger partial charge is 0.497 e. The van der Waals surface area contributed by atoms with Gasteiger partial charge in [-0.3, -0.25) is 14.5 Å². The molecule has 1 unspecified atom stereocenters. The van der Waals surface area contributed by atoms with Gasteiger partial charge in [-0.05, 0) is 55.0 Å². The van der Waals surface area contributed by atoms with Crippen LogP contribution in [0.1, 0.15) is 55.8 Å². The van der Waals surface area contributed by atoms with Crippen molar-refractivity contribution in [3.8, 4) is 5.75 Å².